The number of carboxylic acids is 1. The Balaban J connectivity index is 2.25. The molecule has 0 aliphatic carbocycles. The molecule has 0 aromatic carbocycles. The predicted molar refractivity (Wildman–Crippen MR) is 80.8 cm³/mol. The number of carboxylic acid groups (broad SMARTS) is 1. The molecule has 2 heterocycles. The van der Waals surface area contributed by atoms with Gasteiger partial charge in [0.05, 0.1) is 6.61 Å². The van der Waals surface area contributed by atoms with Crippen molar-refractivity contribution < 1.29 is 59.5 Å². The van der Waals surface area contributed by atoms with E-state index in [-0.39, 0.29) is 0 Å². The van der Waals surface area contributed by atoms with E-state index in [1.54, 1.807) is 0 Å². The molecular formula is C14H23NO12. The van der Waals surface area contributed by atoms with Crippen molar-refractivity contribution in [3.05, 3.63) is 0 Å². The van der Waals surface area contributed by atoms with Gasteiger partial charge in [-0.3, -0.25) is 4.79 Å². The Labute approximate surface area is 152 Å². The zero-order chi connectivity index (χ0) is 20.5. The molecule has 0 radical (unpaired) electrons. The van der Waals surface area contributed by atoms with Gasteiger partial charge >= 0.3 is 5.97 Å². The molecule has 2 aliphatic rings. The molecule has 10 atom stereocenters. The molecule has 13 heteroatoms. The van der Waals surface area contributed by atoms with Crippen molar-refractivity contribution in [2.75, 3.05) is 6.61 Å². The molecule has 13 nitrogen and oxygen atoms in total. The van der Waals surface area contributed by atoms with E-state index in [1.165, 1.54) is 0 Å². The van der Waals surface area contributed by atoms with Crippen LogP contribution < -0.4 is 5.32 Å². The maximum absolute atomic E-state index is 11.4. The first-order chi connectivity index (χ1) is 12.6. The summed E-state index contributed by atoms with van der Waals surface area (Å²) in [6.07, 6.45) is -15.8. The van der Waals surface area contributed by atoms with Crippen molar-refractivity contribution in [3.63, 3.8) is 0 Å². The highest BCUT2D eigenvalue weighted by Crippen LogP contribution is 2.28. The van der Waals surface area contributed by atoms with E-state index < -0.39 is 79.8 Å². The van der Waals surface area contributed by atoms with E-state index >= 15 is 0 Å². The van der Waals surface area contributed by atoms with Crippen LogP contribution in [0, 0.1) is 0 Å². The summed E-state index contributed by atoms with van der Waals surface area (Å²) in [5.41, 5.74) is 0. The molecule has 2 aliphatic heterocycles. The van der Waals surface area contributed by atoms with Gasteiger partial charge in [-0.05, 0) is 0 Å². The summed E-state index contributed by atoms with van der Waals surface area (Å²) in [7, 11) is 0. The summed E-state index contributed by atoms with van der Waals surface area (Å²) in [4.78, 5) is 22.5. The number of aliphatic hydroxyl groups is 6. The molecular weight excluding hydrogens is 374 g/mol. The number of amides is 1. The van der Waals surface area contributed by atoms with Gasteiger partial charge < -0.3 is 55.3 Å². The van der Waals surface area contributed by atoms with Gasteiger partial charge in [-0.15, -0.1) is 0 Å². The average molecular weight is 397 g/mol. The SMILES string of the molecule is CC(=O)N[C@H]1C(O)O[C@H](CO)[C@@H](O)[C@@H]1OC1O[C@H](C(=O)O)[C@@H](O)[C@H](O)[C@H]1O. The molecule has 2 rings (SSSR count). The van der Waals surface area contributed by atoms with Gasteiger partial charge in [0, 0.05) is 6.92 Å². The Bertz CT molecular complexity index is 546. The first kappa shape index (κ1) is 21.9. The van der Waals surface area contributed by atoms with E-state index in [1.807, 2.05) is 0 Å². The van der Waals surface area contributed by atoms with E-state index in [4.69, 9.17) is 19.3 Å². The average Bonchev–Trinajstić information content (AvgIpc) is 2.60. The van der Waals surface area contributed by atoms with Gasteiger partial charge in [0.15, 0.2) is 18.7 Å². The van der Waals surface area contributed by atoms with E-state index in [2.05, 4.69) is 5.32 Å². The van der Waals surface area contributed by atoms with Crippen LogP contribution in [-0.4, -0.2) is 116 Å². The highest BCUT2D eigenvalue weighted by atomic mass is 16.7. The van der Waals surface area contributed by atoms with Crippen LogP contribution >= 0.6 is 0 Å². The predicted octanol–water partition coefficient (Wildman–Crippen LogP) is -5.16. The Morgan fingerprint density at radius 2 is 1.63 bits per heavy atom. The summed E-state index contributed by atoms with van der Waals surface area (Å²) in [5.74, 6) is -2.27. The number of hydrogen-bond acceptors (Lipinski definition) is 11. The van der Waals surface area contributed by atoms with E-state index in [0.717, 1.165) is 6.92 Å². The first-order valence-electron chi connectivity index (χ1n) is 8.06. The third-order valence-electron chi connectivity index (χ3n) is 4.35. The van der Waals surface area contributed by atoms with E-state index in [0.29, 0.717) is 0 Å². The minimum atomic E-state index is -1.95. The number of ether oxygens (including phenoxy) is 3. The molecule has 0 saturated carbocycles. The van der Waals surface area contributed by atoms with Crippen molar-refractivity contribution in [1.29, 1.82) is 0 Å². The van der Waals surface area contributed by atoms with Crippen molar-refractivity contribution >= 4 is 11.9 Å². The Morgan fingerprint density at radius 3 is 2.15 bits per heavy atom. The van der Waals surface area contributed by atoms with Gasteiger partial charge in [0.25, 0.3) is 0 Å². The number of carbonyl (C=O) groups is 2. The molecule has 2 fully saturated rings. The van der Waals surface area contributed by atoms with Gasteiger partial charge in [-0.2, -0.15) is 0 Å². The first-order valence-corrected chi connectivity index (χ1v) is 8.06. The fourth-order valence-electron chi connectivity index (χ4n) is 2.95. The summed E-state index contributed by atoms with van der Waals surface area (Å²) in [6.45, 7) is 0.388. The number of aliphatic hydroxyl groups excluding tert-OH is 6. The third-order valence-corrected chi connectivity index (χ3v) is 4.35. The maximum Gasteiger partial charge on any atom is 0.335 e. The normalized spacial score (nSPS) is 45.3. The second-order valence-electron chi connectivity index (χ2n) is 6.30. The zero-order valence-electron chi connectivity index (χ0n) is 14.2. The molecule has 0 aromatic heterocycles. The second kappa shape index (κ2) is 8.72. The molecule has 0 spiro atoms. The van der Waals surface area contributed by atoms with Crippen LogP contribution in [0.1, 0.15) is 6.92 Å². The zero-order valence-corrected chi connectivity index (χ0v) is 14.2. The Kier molecular flexibility index (Phi) is 7.07. The highest BCUT2D eigenvalue weighted by Gasteiger charge is 2.52. The largest absolute Gasteiger partial charge is 0.479 e. The summed E-state index contributed by atoms with van der Waals surface area (Å²) < 4.78 is 15.3. The quantitative estimate of drug-likeness (QED) is 0.218. The van der Waals surface area contributed by atoms with Crippen LogP contribution in [0.4, 0.5) is 0 Å². The topological polar surface area (TPSA) is 215 Å². The van der Waals surface area contributed by atoms with Gasteiger partial charge in [-0.1, -0.05) is 0 Å². The molecule has 8 N–H and O–H groups in total. The molecule has 2 unspecified atom stereocenters. The van der Waals surface area contributed by atoms with Gasteiger partial charge in [-0.25, -0.2) is 4.79 Å². The van der Waals surface area contributed by atoms with Crippen LogP contribution in [-0.2, 0) is 23.8 Å². The number of carbonyl (C=O) groups excluding carboxylic acids is 1. The molecule has 2 saturated heterocycles. The lowest BCUT2D eigenvalue weighted by molar-refractivity contribution is -0.336. The van der Waals surface area contributed by atoms with Crippen molar-refractivity contribution in [2.45, 2.75) is 68.3 Å². The van der Waals surface area contributed by atoms with Crippen LogP contribution in [0.2, 0.25) is 0 Å². The van der Waals surface area contributed by atoms with Gasteiger partial charge in [0.2, 0.25) is 5.91 Å². The van der Waals surface area contributed by atoms with Crippen LogP contribution in [0.3, 0.4) is 0 Å². The number of hydrogen-bond donors (Lipinski definition) is 8. The smallest absolute Gasteiger partial charge is 0.335 e. The fraction of sp³-hybridized carbons (Fsp3) is 0.857. The second-order valence-corrected chi connectivity index (χ2v) is 6.30. The standard InChI is InChI=1S/C14H23NO12/c1-3(17)15-5-10(6(18)4(2-16)25-13(5)24)26-14-9(21)7(19)8(20)11(27-14)12(22)23/h4-11,13-14,16,18-21,24H,2H2,1H3,(H,15,17)(H,22,23)/t4-,5-,6-,7+,8+,9-,10-,11+,13?,14?/m1/s1. The number of aliphatic carboxylic acids is 1. The number of rotatable bonds is 5. The fourth-order valence-corrected chi connectivity index (χ4v) is 2.95. The summed E-state index contributed by atoms with van der Waals surface area (Å²) in [5, 5.41) is 70.4. The van der Waals surface area contributed by atoms with Crippen LogP contribution in [0.15, 0.2) is 0 Å². The van der Waals surface area contributed by atoms with Crippen LogP contribution in [0.25, 0.3) is 0 Å². The minimum absolute atomic E-state index is 0.630. The molecule has 156 valence electrons. The molecule has 0 aromatic rings. The Morgan fingerprint density at radius 1 is 1.00 bits per heavy atom. The maximum atomic E-state index is 11.4. The monoisotopic (exact) mass is 397 g/mol. The highest BCUT2D eigenvalue weighted by molar-refractivity contribution is 5.73. The lowest BCUT2D eigenvalue weighted by Gasteiger charge is -2.46. The minimum Gasteiger partial charge on any atom is -0.479 e. The van der Waals surface area contributed by atoms with E-state index in [9.17, 15) is 40.2 Å². The lowest BCUT2D eigenvalue weighted by atomic mass is 9.95. The van der Waals surface area contributed by atoms with Crippen molar-refractivity contribution in [1.82, 2.24) is 5.32 Å². The number of nitrogens with one attached hydrogen (secondary N) is 1. The summed E-state index contributed by atoms with van der Waals surface area (Å²) >= 11 is 0. The third kappa shape index (κ3) is 4.53. The Hall–Kier alpha value is -1.42. The lowest BCUT2D eigenvalue weighted by Crippen LogP contribution is -2.67. The van der Waals surface area contributed by atoms with Gasteiger partial charge in [0.1, 0.15) is 42.7 Å². The van der Waals surface area contributed by atoms with Crippen molar-refractivity contribution in [2.24, 2.45) is 0 Å². The molecule has 0 bridgehead atoms. The molecule has 27 heavy (non-hydrogen) atoms. The van der Waals surface area contributed by atoms with Crippen molar-refractivity contribution in [3.8, 4) is 0 Å². The van der Waals surface area contributed by atoms with Crippen LogP contribution in [0.5, 0.6) is 0 Å². The molecule has 1 amide bonds. The summed E-state index contributed by atoms with van der Waals surface area (Å²) in [6, 6.07) is -1.37.